The lowest BCUT2D eigenvalue weighted by atomic mass is 10.2. The van der Waals surface area contributed by atoms with E-state index < -0.39 is 0 Å². The van der Waals surface area contributed by atoms with Crippen LogP contribution in [0.15, 0.2) is 5.38 Å². The molecule has 0 unspecified atom stereocenters. The van der Waals surface area contributed by atoms with Gasteiger partial charge in [-0.05, 0) is 25.7 Å². The number of nitrogens with zero attached hydrogens (tertiary/aromatic N) is 1. The Kier molecular flexibility index (Phi) is 4.30. The van der Waals surface area contributed by atoms with Gasteiger partial charge in [0.2, 0.25) is 0 Å². The molecule has 0 saturated carbocycles. The van der Waals surface area contributed by atoms with Crippen molar-refractivity contribution in [3.8, 4) is 0 Å². The molecule has 0 amide bonds. The summed E-state index contributed by atoms with van der Waals surface area (Å²) in [6.45, 7) is 4.42. The highest BCUT2D eigenvalue weighted by Crippen LogP contribution is 2.13. The largest absolute Gasteiger partial charge is 0.246 e. The fraction of sp³-hybridized carbons (Fsp3) is 0.700. The first-order chi connectivity index (χ1) is 5.86. The zero-order valence-corrected chi connectivity index (χ0v) is 8.78. The summed E-state index contributed by atoms with van der Waals surface area (Å²) in [5.74, 6) is 0. The van der Waals surface area contributed by atoms with Crippen LogP contribution in [0.2, 0.25) is 0 Å². The van der Waals surface area contributed by atoms with Crippen molar-refractivity contribution in [3.63, 3.8) is 0 Å². The summed E-state index contributed by atoms with van der Waals surface area (Å²) in [5, 5.41) is 3.52. The average Bonchev–Trinajstić information content (AvgIpc) is 2.50. The van der Waals surface area contributed by atoms with Gasteiger partial charge >= 0.3 is 0 Å². The first-order valence-corrected chi connectivity index (χ1v) is 5.68. The van der Waals surface area contributed by atoms with Gasteiger partial charge in [0.1, 0.15) is 0 Å². The molecule has 0 atom stereocenters. The van der Waals surface area contributed by atoms with Gasteiger partial charge in [-0.3, -0.25) is 0 Å². The van der Waals surface area contributed by atoms with Gasteiger partial charge in [0.25, 0.3) is 0 Å². The molecule has 0 aliphatic carbocycles. The van der Waals surface area contributed by atoms with Crippen molar-refractivity contribution in [2.24, 2.45) is 0 Å². The Morgan fingerprint density at radius 2 is 2.08 bits per heavy atom. The maximum Gasteiger partial charge on any atom is 0.0928 e. The maximum atomic E-state index is 4.56. The monoisotopic (exact) mass is 183 g/mol. The summed E-state index contributed by atoms with van der Waals surface area (Å²) in [6, 6.07) is 0. The molecule has 0 aliphatic heterocycles. The summed E-state index contributed by atoms with van der Waals surface area (Å²) in [7, 11) is 0. The molecular formula is C10H17NS. The molecule has 0 radical (unpaired) electrons. The van der Waals surface area contributed by atoms with Crippen LogP contribution in [0.5, 0.6) is 0 Å². The minimum Gasteiger partial charge on any atom is -0.246 e. The van der Waals surface area contributed by atoms with E-state index in [4.69, 9.17) is 0 Å². The second-order valence-electron chi connectivity index (χ2n) is 3.09. The third kappa shape index (κ3) is 2.94. The zero-order chi connectivity index (χ0) is 8.81. The lowest BCUT2D eigenvalue weighted by molar-refractivity contribution is 0.774. The molecule has 0 saturated heterocycles. The molecule has 1 rings (SSSR count). The van der Waals surface area contributed by atoms with Gasteiger partial charge in [-0.25, -0.2) is 4.98 Å². The number of aromatic nitrogens is 1. The van der Waals surface area contributed by atoms with Gasteiger partial charge in [0.05, 0.1) is 10.7 Å². The van der Waals surface area contributed by atoms with Gasteiger partial charge in [0.15, 0.2) is 0 Å². The van der Waals surface area contributed by atoms with Crippen LogP contribution in [0.25, 0.3) is 0 Å². The summed E-state index contributed by atoms with van der Waals surface area (Å²) >= 11 is 1.81. The summed E-state index contributed by atoms with van der Waals surface area (Å²) in [5.41, 5.74) is 1.30. The smallest absolute Gasteiger partial charge is 0.0928 e. The second-order valence-corrected chi connectivity index (χ2v) is 4.03. The predicted octanol–water partition coefficient (Wildman–Crippen LogP) is 3.44. The van der Waals surface area contributed by atoms with Crippen LogP contribution >= 0.6 is 11.3 Å². The molecule has 0 aromatic carbocycles. The topological polar surface area (TPSA) is 12.9 Å². The number of unbranched alkanes of at least 4 members (excludes halogenated alkanes) is 1. The Bertz CT molecular complexity index is 217. The van der Waals surface area contributed by atoms with Crippen molar-refractivity contribution >= 4 is 11.3 Å². The Morgan fingerprint density at radius 1 is 1.25 bits per heavy atom. The molecule has 68 valence electrons. The third-order valence-corrected chi connectivity index (χ3v) is 2.81. The SMILES string of the molecule is CCCCc1csc(CCC)n1. The Balaban J connectivity index is 2.41. The summed E-state index contributed by atoms with van der Waals surface area (Å²) in [6.07, 6.45) is 6.06. The van der Waals surface area contributed by atoms with Crippen LogP contribution < -0.4 is 0 Å². The van der Waals surface area contributed by atoms with Crippen molar-refractivity contribution < 1.29 is 0 Å². The van der Waals surface area contributed by atoms with Crippen molar-refractivity contribution in [2.45, 2.75) is 46.0 Å². The first kappa shape index (κ1) is 9.72. The molecule has 0 aliphatic rings. The van der Waals surface area contributed by atoms with E-state index in [-0.39, 0.29) is 0 Å². The quantitative estimate of drug-likeness (QED) is 0.681. The fourth-order valence-corrected chi connectivity index (χ4v) is 2.08. The van der Waals surface area contributed by atoms with E-state index in [1.807, 2.05) is 11.3 Å². The van der Waals surface area contributed by atoms with Gasteiger partial charge in [0, 0.05) is 5.38 Å². The van der Waals surface area contributed by atoms with Crippen LogP contribution in [0.4, 0.5) is 0 Å². The van der Waals surface area contributed by atoms with Crippen molar-refractivity contribution in [1.29, 1.82) is 0 Å². The van der Waals surface area contributed by atoms with E-state index in [1.165, 1.54) is 30.0 Å². The normalized spacial score (nSPS) is 10.5. The van der Waals surface area contributed by atoms with Crippen molar-refractivity contribution in [3.05, 3.63) is 16.1 Å². The summed E-state index contributed by atoms with van der Waals surface area (Å²) in [4.78, 5) is 4.56. The Hall–Kier alpha value is -0.370. The minimum atomic E-state index is 1.15. The average molecular weight is 183 g/mol. The van der Waals surface area contributed by atoms with Gasteiger partial charge < -0.3 is 0 Å². The molecule has 1 aromatic rings. The van der Waals surface area contributed by atoms with Gasteiger partial charge in [-0.15, -0.1) is 11.3 Å². The summed E-state index contributed by atoms with van der Waals surface area (Å²) < 4.78 is 0. The first-order valence-electron chi connectivity index (χ1n) is 4.80. The van der Waals surface area contributed by atoms with E-state index >= 15 is 0 Å². The molecule has 0 fully saturated rings. The number of thiazole rings is 1. The van der Waals surface area contributed by atoms with Gasteiger partial charge in [-0.2, -0.15) is 0 Å². The molecule has 2 heteroatoms. The van der Waals surface area contributed by atoms with Crippen LogP contribution in [0.3, 0.4) is 0 Å². The third-order valence-electron chi connectivity index (χ3n) is 1.85. The lowest BCUT2D eigenvalue weighted by Gasteiger charge is -1.91. The molecule has 0 N–H and O–H groups in total. The van der Waals surface area contributed by atoms with Crippen LogP contribution in [-0.2, 0) is 12.8 Å². The second kappa shape index (κ2) is 5.31. The number of hydrogen-bond donors (Lipinski definition) is 0. The van der Waals surface area contributed by atoms with E-state index in [1.54, 1.807) is 0 Å². The molecule has 1 aromatic heterocycles. The van der Waals surface area contributed by atoms with E-state index in [0.717, 1.165) is 12.8 Å². The molecule has 1 heterocycles. The lowest BCUT2D eigenvalue weighted by Crippen LogP contribution is -1.86. The Morgan fingerprint density at radius 3 is 2.75 bits per heavy atom. The molecule has 12 heavy (non-hydrogen) atoms. The van der Waals surface area contributed by atoms with Crippen LogP contribution in [0, 0.1) is 0 Å². The van der Waals surface area contributed by atoms with Crippen molar-refractivity contribution in [2.75, 3.05) is 0 Å². The number of hydrogen-bond acceptors (Lipinski definition) is 2. The van der Waals surface area contributed by atoms with Crippen LogP contribution in [0.1, 0.15) is 43.8 Å². The molecule has 1 nitrogen and oxygen atoms in total. The maximum absolute atomic E-state index is 4.56. The minimum absolute atomic E-state index is 1.15. The highest BCUT2D eigenvalue weighted by atomic mass is 32.1. The number of rotatable bonds is 5. The highest BCUT2D eigenvalue weighted by Gasteiger charge is 1.99. The predicted molar refractivity (Wildman–Crippen MR) is 54.7 cm³/mol. The van der Waals surface area contributed by atoms with E-state index in [0.29, 0.717) is 0 Å². The van der Waals surface area contributed by atoms with E-state index in [2.05, 4.69) is 24.2 Å². The van der Waals surface area contributed by atoms with Crippen molar-refractivity contribution in [1.82, 2.24) is 4.98 Å². The fourth-order valence-electron chi connectivity index (χ4n) is 1.15. The van der Waals surface area contributed by atoms with Crippen LogP contribution in [-0.4, -0.2) is 4.98 Å². The molecule has 0 bridgehead atoms. The molecular weight excluding hydrogens is 166 g/mol. The Labute approximate surface area is 78.8 Å². The molecule has 0 spiro atoms. The van der Waals surface area contributed by atoms with Gasteiger partial charge in [-0.1, -0.05) is 20.3 Å². The number of aryl methyl sites for hydroxylation is 2. The van der Waals surface area contributed by atoms with E-state index in [9.17, 15) is 0 Å². The zero-order valence-electron chi connectivity index (χ0n) is 7.97. The highest BCUT2D eigenvalue weighted by molar-refractivity contribution is 7.09. The standard InChI is InChI=1S/C10H17NS/c1-3-5-7-9-8-12-10(11-9)6-4-2/h8H,3-7H2,1-2H3.